The number of carbonyl (C=O) groups is 1. The highest BCUT2D eigenvalue weighted by Crippen LogP contribution is 2.33. The number of amides is 1. The Morgan fingerprint density at radius 3 is 2.35 bits per heavy atom. The molecule has 0 aliphatic heterocycles. The van der Waals surface area contributed by atoms with Gasteiger partial charge in [0, 0.05) is 12.6 Å². The van der Waals surface area contributed by atoms with E-state index >= 15 is 0 Å². The normalized spacial score (nSPS) is 11.0. The summed E-state index contributed by atoms with van der Waals surface area (Å²) in [6, 6.07) is 19.8. The molecule has 0 saturated carbocycles. The van der Waals surface area contributed by atoms with Crippen molar-refractivity contribution >= 4 is 22.6 Å². The van der Waals surface area contributed by atoms with Crippen LogP contribution in [0.5, 0.6) is 11.5 Å². The predicted molar refractivity (Wildman–Crippen MR) is 154 cm³/mol. The number of fused-ring (bicyclic) bond motifs is 1. The van der Waals surface area contributed by atoms with E-state index in [1.165, 1.54) is 4.68 Å². The van der Waals surface area contributed by atoms with Crippen LogP contribution < -0.4 is 25.8 Å². The summed E-state index contributed by atoms with van der Waals surface area (Å²) < 4.78 is 20.4. The van der Waals surface area contributed by atoms with Crippen molar-refractivity contribution in [2.24, 2.45) is 7.05 Å². The molecule has 0 aliphatic carbocycles. The lowest BCUT2D eigenvalue weighted by Gasteiger charge is -2.13. The molecular weight excluding hydrogens is 510 g/mol. The number of aromatic nitrogens is 2. The van der Waals surface area contributed by atoms with Crippen molar-refractivity contribution in [3.05, 3.63) is 104 Å². The molecule has 1 N–H and O–H groups in total. The van der Waals surface area contributed by atoms with Gasteiger partial charge in [0.15, 0.2) is 12.4 Å². The fourth-order valence-electron chi connectivity index (χ4n) is 4.76. The minimum Gasteiger partial charge on any atom is -0.497 e. The number of nitrogens with one attached hydrogen (secondary N) is 1. The highest BCUT2D eigenvalue weighted by atomic mass is 16.5. The number of ether oxygens (including phenoxy) is 2. The fourth-order valence-corrected chi connectivity index (χ4v) is 4.76. The number of carbonyl (C=O) groups excluding carboxylic acids is 1. The Balaban J connectivity index is 1.49. The highest BCUT2D eigenvalue weighted by Gasteiger charge is 2.22. The van der Waals surface area contributed by atoms with Crippen LogP contribution in [0.1, 0.15) is 16.8 Å². The number of aryl methyl sites for hydroxylation is 2. The molecule has 9 heteroatoms. The lowest BCUT2D eigenvalue weighted by atomic mass is 10.0. The molecule has 9 nitrogen and oxygen atoms in total. The molecule has 2 aromatic heterocycles. The smallest absolute Gasteiger partial charge is 0.295 e. The van der Waals surface area contributed by atoms with E-state index < -0.39 is 12.5 Å². The van der Waals surface area contributed by atoms with Crippen molar-refractivity contribution in [2.75, 3.05) is 19.0 Å². The number of benzene rings is 3. The van der Waals surface area contributed by atoms with Gasteiger partial charge in [0.2, 0.25) is 11.2 Å². The molecule has 0 aliphatic rings. The molecule has 0 spiro atoms. The second kappa shape index (κ2) is 10.6. The van der Waals surface area contributed by atoms with Crippen LogP contribution in [0.15, 0.2) is 80.7 Å². The zero-order chi connectivity index (χ0) is 28.6. The topological polar surface area (TPSA) is 105 Å². The standard InChI is InChI=1S/C31H29N3O6/c1-18-15-19(2)26-24(16-18)40-29(21-11-13-23(38-5)14-12-21)30(28(26)36)39-17-25(35)32-27-20(3)33(4)34(31(27)37)22-9-7-6-8-10-22/h6-16H,17H2,1-5H3,(H,32,35). The Kier molecular flexibility index (Phi) is 7.04. The van der Waals surface area contributed by atoms with Gasteiger partial charge in [-0.2, -0.15) is 0 Å². The third kappa shape index (κ3) is 4.77. The van der Waals surface area contributed by atoms with Gasteiger partial charge in [0.25, 0.3) is 11.5 Å². The number of anilines is 1. The molecular formula is C31H29N3O6. The zero-order valence-corrected chi connectivity index (χ0v) is 22.9. The molecule has 0 fully saturated rings. The fraction of sp³-hybridized carbons (Fsp3) is 0.194. The molecule has 5 aromatic rings. The monoisotopic (exact) mass is 539 g/mol. The largest absolute Gasteiger partial charge is 0.497 e. The van der Waals surface area contributed by atoms with E-state index in [9.17, 15) is 14.4 Å². The summed E-state index contributed by atoms with van der Waals surface area (Å²) in [6.07, 6.45) is 0. The Labute approximate surface area is 230 Å². The summed E-state index contributed by atoms with van der Waals surface area (Å²) in [5, 5.41) is 3.04. The summed E-state index contributed by atoms with van der Waals surface area (Å²) in [7, 11) is 3.30. The average molecular weight is 540 g/mol. The van der Waals surface area contributed by atoms with Crippen LogP contribution in [-0.4, -0.2) is 29.0 Å². The van der Waals surface area contributed by atoms with E-state index in [1.54, 1.807) is 68.2 Å². The molecule has 0 radical (unpaired) electrons. The maximum absolute atomic E-state index is 13.7. The maximum atomic E-state index is 13.7. The Hall–Kier alpha value is -5.05. The zero-order valence-electron chi connectivity index (χ0n) is 22.9. The van der Waals surface area contributed by atoms with Crippen molar-refractivity contribution < 1.29 is 18.7 Å². The SMILES string of the molecule is COc1ccc(-c2oc3cc(C)cc(C)c3c(=O)c2OCC(=O)Nc2c(C)n(C)n(-c3ccccc3)c2=O)cc1. The number of methoxy groups -OCH3 is 1. The molecule has 2 heterocycles. The van der Waals surface area contributed by atoms with Crippen molar-refractivity contribution in [1.29, 1.82) is 0 Å². The van der Waals surface area contributed by atoms with Crippen LogP contribution >= 0.6 is 0 Å². The molecule has 0 atom stereocenters. The second-order valence-corrected chi connectivity index (χ2v) is 9.55. The van der Waals surface area contributed by atoms with Crippen molar-refractivity contribution in [1.82, 2.24) is 9.36 Å². The minimum atomic E-state index is -0.591. The number of hydrogen-bond donors (Lipinski definition) is 1. The predicted octanol–water partition coefficient (Wildman–Crippen LogP) is 4.90. The van der Waals surface area contributed by atoms with Crippen LogP contribution in [0.3, 0.4) is 0 Å². The Morgan fingerprint density at radius 2 is 1.68 bits per heavy atom. The van der Waals surface area contributed by atoms with Crippen molar-refractivity contribution in [3.8, 4) is 28.5 Å². The Morgan fingerprint density at radius 1 is 0.975 bits per heavy atom. The molecule has 3 aromatic carbocycles. The minimum absolute atomic E-state index is 0.0914. The van der Waals surface area contributed by atoms with Gasteiger partial charge in [0.1, 0.15) is 17.0 Å². The van der Waals surface area contributed by atoms with Gasteiger partial charge in [-0.25, -0.2) is 4.68 Å². The number of para-hydroxylation sites is 1. The summed E-state index contributed by atoms with van der Waals surface area (Å²) in [4.78, 5) is 39.9. The first kappa shape index (κ1) is 26.6. The number of rotatable bonds is 7. The molecule has 0 bridgehead atoms. The average Bonchev–Trinajstić information content (AvgIpc) is 3.15. The first-order chi connectivity index (χ1) is 19.2. The van der Waals surface area contributed by atoms with Gasteiger partial charge in [-0.05, 0) is 74.4 Å². The summed E-state index contributed by atoms with van der Waals surface area (Å²) >= 11 is 0. The van der Waals surface area contributed by atoms with E-state index in [0.717, 1.165) is 11.1 Å². The molecule has 0 saturated heterocycles. The summed E-state index contributed by atoms with van der Waals surface area (Å²) in [6.45, 7) is 4.97. The van der Waals surface area contributed by atoms with Gasteiger partial charge in [0.05, 0.1) is 23.9 Å². The highest BCUT2D eigenvalue weighted by molar-refractivity contribution is 5.92. The Bertz CT molecular complexity index is 1850. The van der Waals surface area contributed by atoms with Gasteiger partial charge in [-0.3, -0.25) is 19.1 Å². The number of hydrogen-bond acceptors (Lipinski definition) is 6. The summed E-state index contributed by atoms with van der Waals surface area (Å²) in [5.41, 5.74) is 3.28. The lowest BCUT2D eigenvalue weighted by molar-refractivity contribution is -0.118. The molecule has 204 valence electrons. The first-order valence-electron chi connectivity index (χ1n) is 12.7. The molecule has 0 unspecified atom stereocenters. The van der Waals surface area contributed by atoms with Crippen molar-refractivity contribution in [3.63, 3.8) is 0 Å². The van der Waals surface area contributed by atoms with E-state index in [4.69, 9.17) is 13.9 Å². The van der Waals surface area contributed by atoms with Gasteiger partial charge < -0.3 is 19.2 Å². The van der Waals surface area contributed by atoms with Gasteiger partial charge >= 0.3 is 0 Å². The van der Waals surface area contributed by atoms with E-state index in [-0.39, 0.29) is 28.2 Å². The lowest BCUT2D eigenvalue weighted by Crippen LogP contribution is -2.26. The van der Waals surface area contributed by atoms with Crippen LogP contribution in [0.2, 0.25) is 0 Å². The van der Waals surface area contributed by atoms with Gasteiger partial charge in [-0.15, -0.1) is 0 Å². The third-order valence-corrected chi connectivity index (χ3v) is 6.81. The summed E-state index contributed by atoms with van der Waals surface area (Å²) in [5.74, 6) is 0.151. The van der Waals surface area contributed by atoms with Crippen LogP contribution in [0.25, 0.3) is 28.0 Å². The quantitative estimate of drug-likeness (QED) is 0.316. The van der Waals surface area contributed by atoms with E-state index in [0.29, 0.717) is 33.7 Å². The maximum Gasteiger partial charge on any atom is 0.295 e. The van der Waals surface area contributed by atoms with Crippen LogP contribution in [0.4, 0.5) is 5.69 Å². The second-order valence-electron chi connectivity index (χ2n) is 9.55. The van der Waals surface area contributed by atoms with Gasteiger partial charge in [-0.1, -0.05) is 24.3 Å². The number of nitrogens with zero attached hydrogens (tertiary/aromatic N) is 2. The molecule has 5 rings (SSSR count). The van der Waals surface area contributed by atoms with E-state index in [2.05, 4.69) is 5.32 Å². The molecule has 40 heavy (non-hydrogen) atoms. The first-order valence-corrected chi connectivity index (χ1v) is 12.7. The molecule has 1 amide bonds. The third-order valence-electron chi connectivity index (χ3n) is 6.81. The van der Waals surface area contributed by atoms with Crippen molar-refractivity contribution in [2.45, 2.75) is 20.8 Å². The van der Waals surface area contributed by atoms with Crippen LogP contribution in [0, 0.1) is 20.8 Å². The van der Waals surface area contributed by atoms with Crippen LogP contribution in [-0.2, 0) is 11.8 Å². The van der Waals surface area contributed by atoms with E-state index in [1.807, 2.05) is 38.1 Å².